The van der Waals surface area contributed by atoms with E-state index in [1.54, 1.807) is 30.3 Å². The Labute approximate surface area is 215 Å². The molecule has 1 aromatic heterocycles. The molecule has 4 aromatic rings. The molecule has 4 rings (SSSR count). The average Bonchev–Trinajstić information content (AvgIpc) is 3.31. The fraction of sp³-hybridized carbons (Fsp3) is 0.207. The predicted octanol–water partition coefficient (Wildman–Crippen LogP) is 4.49. The summed E-state index contributed by atoms with van der Waals surface area (Å²) in [4.78, 5) is 34.0. The van der Waals surface area contributed by atoms with Gasteiger partial charge in [-0.3, -0.25) is 9.59 Å². The molecule has 0 radical (unpaired) electrons. The van der Waals surface area contributed by atoms with Gasteiger partial charge in [0.05, 0.1) is 29.8 Å². The maximum atomic E-state index is 13.2. The number of carbonyl (C=O) groups excluding carboxylic acids is 2. The lowest BCUT2D eigenvalue weighted by Gasteiger charge is -2.13. The zero-order valence-electron chi connectivity index (χ0n) is 21.1. The van der Waals surface area contributed by atoms with Crippen LogP contribution in [-0.2, 0) is 11.2 Å². The molecule has 190 valence electrons. The van der Waals surface area contributed by atoms with Crippen molar-refractivity contribution in [2.75, 3.05) is 13.7 Å². The van der Waals surface area contributed by atoms with Gasteiger partial charge in [0.15, 0.2) is 0 Å². The Morgan fingerprint density at radius 1 is 1.00 bits per heavy atom. The Morgan fingerprint density at radius 2 is 1.73 bits per heavy atom. The molecular weight excluding hydrogens is 468 g/mol. The highest BCUT2D eigenvalue weighted by Gasteiger charge is 2.17. The number of methoxy groups -OCH3 is 1. The first kappa shape index (κ1) is 25.5. The average molecular weight is 499 g/mol. The number of nitrogens with one attached hydrogen (secondary N) is 3. The number of carbonyl (C=O) groups is 2. The SMILES string of the molecule is COc1ccccc1C(=O)NC(=Cc1ccc(OC(C)C)cc1)C(=O)NCCc1nc2ccccc2[nH]1. The lowest BCUT2D eigenvalue weighted by molar-refractivity contribution is -0.117. The number of hydrogen-bond donors (Lipinski definition) is 3. The summed E-state index contributed by atoms with van der Waals surface area (Å²) in [6.07, 6.45) is 2.19. The van der Waals surface area contributed by atoms with Gasteiger partial charge in [-0.1, -0.05) is 36.4 Å². The summed E-state index contributed by atoms with van der Waals surface area (Å²) in [5.41, 5.74) is 2.99. The highest BCUT2D eigenvalue weighted by molar-refractivity contribution is 6.06. The van der Waals surface area contributed by atoms with Crippen molar-refractivity contribution < 1.29 is 19.1 Å². The molecule has 0 bridgehead atoms. The van der Waals surface area contributed by atoms with Crippen LogP contribution in [0.4, 0.5) is 0 Å². The minimum Gasteiger partial charge on any atom is -0.496 e. The number of benzene rings is 3. The summed E-state index contributed by atoms with van der Waals surface area (Å²) in [7, 11) is 1.49. The number of hydrogen-bond acceptors (Lipinski definition) is 5. The minimum atomic E-state index is -0.448. The zero-order valence-corrected chi connectivity index (χ0v) is 21.1. The normalized spacial score (nSPS) is 11.4. The monoisotopic (exact) mass is 498 g/mol. The van der Waals surface area contributed by atoms with Crippen LogP contribution in [-0.4, -0.2) is 41.5 Å². The lowest BCUT2D eigenvalue weighted by atomic mass is 10.1. The molecule has 3 aromatic carbocycles. The van der Waals surface area contributed by atoms with Crippen LogP contribution in [0.3, 0.4) is 0 Å². The molecule has 8 heteroatoms. The topological polar surface area (TPSA) is 105 Å². The number of ether oxygens (including phenoxy) is 2. The van der Waals surface area contributed by atoms with Gasteiger partial charge >= 0.3 is 0 Å². The van der Waals surface area contributed by atoms with Crippen molar-refractivity contribution in [2.45, 2.75) is 26.4 Å². The first-order valence-corrected chi connectivity index (χ1v) is 12.1. The predicted molar refractivity (Wildman–Crippen MR) is 143 cm³/mol. The molecule has 1 heterocycles. The second-order valence-electron chi connectivity index (χ2n) is 8.65. The van der Waals surface area contributed by atoms with Gasteiger partial charge in [0.1, 0.15) is 23.0 Å². The van der Waals surface area contributed by atoms with Crippen molar-refractivity contribution >= 4 is 28.9 Å². The molecule has 2 amide bonds. The number of amides is 2. The fourth-order valence-corrected chi connectivity index (χ4v) is 3.78. The molecule has 0 aliphatic heterocycles. The number of aromatic nitrogens is 2. The lowest BCUT2D eigenvalue weighted by Crippen LogP contribution is -2.36. The highest BCUT2D eigenvalue weighted by atomic mass is 16.5. The third-order valence-corrected chi connectivity index (χ3v) is 5.49. The summed E-state index contributed by atoms with van der Waals surface area (Å²) >= 11 is 0. The molecule has 0 saturated heterocycles. The van der Waals surface area contributed by atoms with Crippen LogP contribution in [0.5, 0.6) is 11.5 Å². The van der Waals surface area contributed by atoms with Crippen molar-refractivity contribution in [3.05, 3.63) is 95.4 Å². The van der Waals surface area contributed by atoms with Gasteiger partial charge in [0.2, 0.25) is 0 Å². The summed E-state index contributed by atoms with van der Waals surface area (Å²) in [5.74, 6) is 1.05. The number of nitrogens with zero attached hydrogens (tertiary/aromatic N) is 1. The van der Waals surface area contributed by atoms with Crippen molar-refractivity contribution in [3.8, 4) is 11.5 Å². The number of imidazole rings is 1. The van der Waals surface area contributed by atoms with E-state index in [1.165, 1.54) is 7.11 Å². The molecule has 0 spiro atoms. The molecule has 0 aliphatic rings. The first-order valence-electron chi connectivity index (χ1n) is 12.1. The molecule has 0 saturated carbocycles. The van der Waals surface area contributed by atoms with E-state index >= 15 is 0 Å². The quantitative estimate of drug-likeness (QED) is 0.280. The Hall–Kier alpha value is -4.59. The van der Waals surface area contributed by atoms with Crippen LogP contribution < -0.4 is 20.1 Å². The van der Waals surface area contributed by atoms with Crippen LogP contribution in [0.25, 0.3) is 17.1 Å². The maximum Gasteiger partial charge on any atom is 0.267 e. The van der Waals surface area contributed by atoms with Gasteiger partial charge < -0.3 is 25.1 Å². The van der Waals surface area contributed by atoms with Crippen LogP contribution in [0.2, 0.25) is 0 Å². The van der Waals surface area contributed by atoms with E-state index in [9.17, 15) is 9.59 Å². The number of aromatic amines is 1. The highest BCUT2D eigenvalue weighted by Crippen LogP contribution is 2.19. The second kappa shape index (κ2) is 11.9. The van der Waals surface area contributed by atoms with Crippen LogP contribution >= 0.6 is 0 Å². The van der Waals surface area contributed by atoms with Crippen LogP contribution in [0.15, 0.2) is 78.5 Å². The van der Waals surface area contributed by atoms with Gasteiger partial charge in [-0.15, -0.1) is 0 Å². The van der Waals surface area contributed by atoms with Gasteiger partial charge in [-0.25, -0.2) is 4.98 Å². The third kappa shape index (κ3) is 6.76. The molecule has 3 N–H and O–H groups in total. The van der Waals surface area contributed by atoms with E-state index in [0.29, 0.717) is 24.3 Å². The standard InChI is InChI=1S/C29H30N4O4/c1-19(2)37-21-14-12-20(13-15-21)18-25(33-28(34)22-8-4-7-11-26(22)36-3)29(35)30-17-16-27-31-23-9-5-6-10-24(23)32-27/h4-15,18-19H,16-17H2,1-3H3,(H,30,35)(H,31,32)(H,33,34). The van der Waals surface area contributed by atoms with Crippen LogP contribution in [0.1, 0.15) is 35.6 Å². The Morgan fingerprint density at radius 3 is 2.46 bits per heavy atom. The number of rotatable bonds is 10. The Bertz CT molecular complexity index is 1370. The van der Waals surface area contributed by atoms with Crippen molar-refractivity contribution in [1.29, 1.82) is 0 Å². The molecule has 0 aliphatic carbocycles. The molecule has 0 unspecified atom stereocenters. The number of H-pyrrole nitrogens is 1. The molecule has 0 atom stereocenters. The molecule has 0 fully saturated rings. The largest absolute Gasteiger partial charge is 0.496 e. The van der Waals surface area contributed by atoms with E-state index in [0.717, 1.165) is 28.2 Å². The number of para-hydroxylation sites is 3. The van der Waals surface area contributed by atoms with Gasteiger partial charge in [-0.05, 0) is 61.9 Å². The van der Waals surface area contributed by atoms with E-state index in [2.05, 4.69) is 20.6 Å². The number of fused-ring (bicyclic) bond motifs is 1. The summed E-state index contributed by atoms with van der Waals surface area (Å²) < 4.78 is 11.0. The van der Waals surface area contributed by atoms with Gasteiger partial charge in [0.25, 0.3) is 11.8 Å². The Kier molecular flexibility index (Phi) is 8.20. The van der Waals surface area contributed by atoms with E-state index in [-0.39, 0.29) is 11.8 Å². The van der Waals surface area contributed by atoms with Gasteiger partial charge in [0, 0.05) is 13.0 Å². The third-order valence-electron chi connectivity index (χ3n) is 5.49. The molecular formula is C29H30N4O4. The van der Waals surface area contributed by atoms with E-state index in [1.807, 2.05) is 62.4 Å². The van der Waals surface area contributed by atoms with E-state index in [4.69, 9.17) is 9.47 Å². The minimum absolute atomic E-state index is 0.0506. The van der Waals surface area contributed by atoms with E-state index < -0.39 is 11.8 Å². The van der Waals surface area contributed by atoms with Crippen molar-refractivity contribution in [2.24, 2.45) is 0 Å². The molecule has 8 nitrogen and oxygen atoms in total. The summed E-state index contributed by atoms with van der Waals surface area (Å²) in [6.45, 7) is 4.24. The van der Waals surface area contributed by atoms with Crippen molar-refractivity contribution in [1.82, 2.24) is 20.6 Å². The van der Waals surface area contributed by atoms with Crippen LogP contribution in [0, 0.1) is 0 Å². The smallest absolute Gasteiger partial charge is 0.267 e. The second-order valence-corrected chi connectivity index (χ2v) is 8.65. The Balaban J connectivity index is 1.51. The van der Waals surface area contributed by atoms with Gasteiger partial charge in [-0.2, -0.15) is 0 Å². The summed E-state index contributed by atoms with van der Waals surface area (Å²) in [6, 6.07) is 21.9. The molecule has 37 heavy (non-hydrogen) atoms. The zero-order chi connectivity index (χ0) is 26.2. The maximum absolute atomic E-state index is 13.2. The first-order chi connectivity index (χ1) is 17.9. The fourth-order valence-electron chi connectivity index (χ4n) is 3.78. The summed E-state index contributed by atoms with van der Waals surface area (Å²) in [5, 5.41) is 5.63. The van der Waals surface area contributed by atoms with Crippen molar-refractivity contribution in [3.63, 3.8) is 0 Å².